The Kier molecular flexibility index (Phi) is 3.31. The van der Waals surface area contributed by atoms with E-state index in [4.69, 9.17) is 10.8 Å². The summed E-state index contributed by atoms with van der Waals surface area (Å²) in [5.74, 6) is -2.95. The smallest absolute Gasteiger partial charge is 0.325 e. The summed E-state index contributed by atoms with van der Waals surface area (Å²) >= 11 is 3.05. The van der Waals surface area contributed by atoms with Gasteiger partial charge in [-0.1, -0.05) is 15.9 Å². The normalized spacial score (nSPS) is 12.5. The van der Waals surface area contributed by atoms with Gasteiger partial charge >= 0.3 is 5.97 Å². The van der Waals surface area contributed by atoms with Gasteiger partial charge in [0, 0.05) is 10.0 Å². The Bertz CT molecular complexity index is 396. The van der Waals surface area contributed by atoms with Crippen LogP contribution < -0.4 is 5.73 Å². The van der Waals surface area contributed by atoms with Crippen LogP contribution in [0.15, 0.2) is 10.5 Å². The van der Waals surface area contributed by atoms with Crippen LogP contribution in [0.3, 0.4) is 0 Å². The third-order valence-corrected chi connectivity index (χ3v) is 2.90. The van der Waals surface area contributed by atoms with Gasteiger partial charge in [0.1, 0.15) is 6.04 Å². The molecule has 1 aromatic carbocycles. The largest absolute Gasteiger partial charge is 0.505 e. The van der Waals surface area contributed by atoms with Gasteiger partial charge < -0.3 is 15.9 Å². The van der Waals surface area contributed by atoms with Crippen LogP contribution in [0.2, 0.25) is 0 Å². The molecule has 15 heavy (non-hydrogen) atoms. The maximum atomic E-state index is 13.1. The highest BCUT2D eigenvalue weighted by Gasteiger charge is 2.24. The highest BCUT2D eigenvalue weighted by Crippen LogP contribution is 2.34. The molecule has 0 saturated heterocycles. The molecule has 1 unspecified atom stereocenters. The molecule has 1 aromatic rings. The molecule has 0 saturated carbocycles. The number of hydrogen-bond donors (Lipinski definition) is 3. The van der Waals surface area contributed by atoms with Crippen molar-refractivity contribution in [1.29, 1.82) is 0 Å². The number of carbonyl (C=O) groups is 1. The number of aliphatic carboxylic acids is 1. The van der Waals surface area contributed by atoms with Gasteiger partial charge in [-0.15, -0.1) is 0 Å². The molecule has 0 amide bonds. The molecule has 0 fully saturated rings. The summed E-state index contributed by atoms with van der Waals surface area (Å²) in [6, 6.07) is -0.389. The van der Waals surface area contributed by atoms with Crippen LogP contribution in [0, 0.1) is 12.7 Å². The van der Waals surface area contributed by atoms with Crippen molar-refractivity contribution in [1.82, 2.24) is 0 Å². The second kappa shape index (κ2) is 4.16. The predicted octanol–water partition coefficient (Wildman–Crippen LogP) is 1.69. The van der Waals surface area contributed by atoms with E-state index in [0.29, 0.717) is 10.0 Å². The number of nitrogens with two attached hydrogens (primary N) is 1. The molecule has 4 N–H and O–H groups in total. The Morgan fingerprint density at radius 3 is 2.67 bits per heavy atom. The van der Waals surface area contributed by atoms with Crippen molar-refractivity contribution < 1.29 is 19.4 Å². The van der Waals surface area contributed by atoms with E-state index >= 15 is 0 Å². The molecular formula is C9H9BrFNO3. The number of hydrogen-bond acceptors (Lipinski definition) is 3. The predicted molar refractivity (Wildman–Crippen MR) is 55.1 cm³/mol. The summed E-state index contributed by atoms with van der Waals surface area (Å²) < 4.78 is 13.5. The van der Waals surface area contributed by atoms with Crippen molar-refractivity contribution in [2.45, 2.75) is 13.0 Å². The maximum Gasteiger partial charge on any atom is 0.325 e. The lowest BCUT2D eigenvalue weighted by Crippen LogP contribution is -2.22. The number of benzene rings is 1. The van der Waals surface area contributed by atoms with E-state index in [2.05, 4.69) is 15.9 Å². The van der Waals surface area contributed by atoms with Crippen molar-refractivity contribution in [3.63, 3.8) is 0 Å². The zero-order chi connectivity index (χ0) is 11.7. The molecule has 0 aliphatic carbocycles. The second-order valence-corrected chi connectivity index (χ2v) is 3.90. The average molecular weight is 278 g/mol. The first-order valence-corrected chi connectivity index (χ1v) is 4.81. The fourth-order valence-corrected chi connectivity index (χ4v) is 1.64. The van der Waals surface area contributed by atoms with Gasteiger partial charge in [0.2, 0.25) is 0 Å². The van der Waals surface area contributed by atoms with E-state index in [9.17, 15) is 14.3 Å². The summed E-state index contributed by atoms with van der Waals surface area (Å²) in [4.78, 5) is 10.7. The molecule has 6 heteroatoms. The number of rotatable bonds is 2. The van der Waals surface area contributed by atoms with Crippen LogP contribution in [0.1, 0.15) is 17.2 Å². The van der Waals surface area contributed by atoms with E-state index in [1.54, 1.807) is 6.92 Å². The fourth-order valence-electron chi connectivity index (χ4n) is 1.23. The van der Waals surface area contributed by atoms with Crippen LogP contribution in [0.25, 0.3) is 0 Å². The molecule has 0 bridgehead atoms. The molecule has 1 atom stereocenters. The molecule has 0 heterocycles. The number of carboxylic acids is 1. The lowest BCUT2D eigenvalue weighted by Gasteiger charge is -2.14. The first kappa shape index (κ1) is 11.9. The van der Waals surface area contributed by atoms with Crippen molar-refractivity contribution in [2.24, 2.45) is 5.73 Å². The van der Waals surface area contributed by atoms with E-state index in [0.717, 1.165) is 6.07 Å². The molecule has 0 spiro atoms. The van der Waals surface area contributed by atoms with Crippen LogP contribution in [-0.4, -0.2) is 16.2 Å². The van der Waals surface area contributed by atoms with Gasteiger partial charge in [-0.05, 0) is 18.6 Å². The van der Waals surface area contributed by atoms with E-state index in [1.165, 1.54) is 0 Å². The van der Waals surface area contributed by atoms with Crippen molar-refractivity contribution in [2.75, 3.05) is 0 Å². The van der Waals surface area contributed by atoms with Crippen molar-refractivity contribution in [3.8, 4) is 5.75 Å². The Labute approximate surface area is 93.6 Å². The monoisotopic (exact) mass is 277 g/mol. The first-order chi connectivity index (χ1) is 6.86. The molecule has 0 radical (unpaired) electrons. The van der Waals surface area contributed by atoms with E-state index in [-0.39, 0.29) is 5.56 Å². The molecule has 0 aliphatic rings. The Balaban J connectivity index is 3.45. The fraction of sp³-hybridized carbons (Fsp3) is 0.222. The summed E-state index contributed by atoms with van der Waals surface area (Å²) in [7, 11) is 0. The van der Waals surface area contributed by atoms with Gasteiger partial charge in [-0.25, -0.2) is 4.39 Å². The Morgan fingerprint density at radius 2 is 2.20 bits per heavy atom. The number of phenols is 1. The lowest BCUT2D eigenvalue weighted by molar-refractivity contribution is -0.138. The number of phenolic OH excluding ortho intramolecular Hbond substituents is 1. The van der Waals surface area contributed by atoms with Gasteiger partial charge in [-0.3, -0.25) is 4.79 Å². The Hall–Kier alpha value is -1.14. The topological polar surface area (TPSA) is 83.5 Å². The third kappa shape index (κ3) is 2.10. The van der Waals surface area contributed by atoms with Gasteiger partial charge in [0.25, 0.3) is 0 Å². The highest BCUT2D eigenvalue weighted by atomic mass is 79.9. The van der Waals surface area contributed by atoms with E-state index in [1.807, 2.05) is 0 Å². The minimum absolute atomic E-state index is 0.116. The number of aromatic hydroxyl groups is 1. The maximum absolute atomic E-state index is 13.1. The van der Waals surface area contributed by atoms with Crippen molar-refractivity contribution in [3.05, 3.63) is 27.5 Å². The third-order valence-electron chi connectivity index (χ3n) is 2.07. The number of halogens is 2. The van der Waals surface area contributed by atoms with Crippen molar-refractivity contribution >= 4 is 21.9 Å². The average Bonchev–Trinajstić information content (AvgIpc) is 2.15. The van der Waals surface area contributed by atoms with E-state index < -0.39 is 23.6 Å². The minimum atomic E-state index is -1.45. The van der Waals surface area contributed by atoms with Gasteiger partial charge in [0.15, 0.2) is 11.6 Å². The zero-order valence-electron chi connectivity index (χ0n) is 7.79. The zero-order valence-corrected chi connectivity index (χ0v) is 9.38. The van der Waals surface area contributed by atoms with Crippen LogP contribution in [0.4, 0.5) is 4.39 Å². The quantitative estimate of drug-likeness (QED) is 0.768. The lowest BCUT2D eigenvalue weighted by atomic mass is 10.0. The molecule has 1 rings (SSSR count). The van der Waals surface area contributed by atoms with Crippen LogP contribution in [0.5, 0.6) is 5.75 Å². The van der Waals surface area contributed by atoms with Crippen LogP contribution >= 0.6 is 15.9 Å². The molecule has 0 aliphatic heterocycles. The molecule has 4 nitrogen and oxygen atoms in total. The van der Waals surface area contributed by atoms with Gasteiger partial charge in [-0.2, -0.15) is 0 Å². The SMILES string of the molecule is Cc1c(Br)cc(F)c(O)c1C(N)C(=O)O. The van der Waals surface area contributed by atoms with Gasteiger partial charge in [0.05, 0.1) is 0 Å². The summed E-state index contributed by atoms with van der Waals surface area (Å²) in [5.41, 5.74) is 5.62. The van der Waals surface area contributed by atoms with Crippen LogP contribution in [-0.2, 0) is 4.79 Å². The minimum Gasteiger partial charge on any atom is -0.505 e. The summed E-state index contributed by atoms with van der Waals surface area (Å²) in [6.07, 6.45) is 0. The second-order valence-electron chi connectivity index (χ2n) is 3.04. The summed E-state index contributed by atoms with van der Waals surface area (Å²) in [6.45, 7) is 1.54. The molecular weight excluding hydrogens is 269 g/mol. The highest BCUT2D eigenvalue weighted by molar-refractivity contribution is 9.10. The standard InChI is InChI=1S/C9H9BrFNO3/c1-3-4(10)2-5(11)8(13)6(3)7(12)9(14)15/h2,7,13H,12H2,1H3,(H,14,15). The summed E-state index contributed by atoms with van der Waals surface area (Å²) in [5, 5.41) is 18.1. The Morgan fingerprint density at radius 1 is 1.67 bits per heavy atom. The number of carboxylic acid groups (broad SMARTS) is 1. The molecule has 0 aromatic heterocycles. The molecule has 82 valence electrons. The first-order valence-electron chi connectivity index (χ1n) is 4.02.